The zero-order valence-corrected chi connectivity index (χ0v) is 16.4. The standard InChI is InChI=1S/C22H31NO3/c1-13-19(25-3)8-18(9-20(13)26-4)21(24)23-14(2)22-10-15-5-16(11-22)7-17(6-15)12-22/h8-9,14-17H,5-7,10-12H2,1-4H3,(H,23,24). The van der Waals surface area contributed by atoms with Gasteiger partial charge in [-0.3, -0.25) is 4.79 Å². The molecule has 4 fully saturated rings. The summed E-state index contributed by atoms with van der Waals surface area (Å²) in [5.41, 5.74) is 1.84. The van der Waals surface area contributed by atoms with Crippen LogP contribution in [0.2, 0.25) is 0 Å². The largest absolute Gasteiger partial charge is 0.496 e. The Bertz CT molecular complexity index is 651. The first kappa shape index (κ1) is 17.7. The van der Waals surface area contributed by atoms with Crippen LogP contribution >= 0.6 is 0 Å². The summed E-state index contributed by atoms with van der Waals surface area (Å²) >= 11 is 0. The molecule has 0 radical (unpaired) electrons. The third-order valence-electron chi connectivity index (χ3n) is 7.37. The molecule has 1 atom stereocenters. The molecule has 5 rings (SSSR count). The molecule has 4 bridgehead atoms. The molecule has 0 heterocycles. The third kappa shape index (κ3) is 2.87. The van der Waals surface area contributed by atoms with E-state index in [1.807, 2.05) is 19.1 Å². The molecule has 0 aliphatic heterocycles. The molecule has 1 amide bonds. The lowest BCUT2D eigenvalue weighted by Gasteiger charge is -2.59. The Morgan fingerprint density at radius 1 is 1.04 bits per heavy atom. The summed E-state index contributed by atoms with van der Waals surface area (Å²) in [5.74, 6) is 4.03. The number of ether oxygens (including phenoxy) is 2. The van der Waals surface area contributed by atoms with Gasteiger partial charge in [0.15, 0.2) is 0 Å². The van der Waals surface area contributed by atoms with Crippen molar-refractivity contribution in [2.24, 2.45) is 23.2 Å². The summed E-state index contributed by atoms with van der Waals surface area (Å²) in [4.78, 5) is 13.0. The van der Waals surface area contributed by atoms with Crippen molar-refractivity contribution in [2.75, 3.05) is 14.2 Å². The number of amides is 1. The van der Waals surface area contributed by atoms with Gasteiger partial charge < -0.3 is 14.8 Å². The quantitative estimate of drug-likeness (QED) is 0.852. The molecular weight excluding hydrogens is 326 g/mol. The lowest BCUT2D eigenvalue weighted by molar-refractivity contribution is -0.0688. The molecular formula is C22H31NO3. The van der Waals surface area contributed by atoms with E-state index in [0.29, 0.717) is 22.5 Å². The van der Waals surface area contributed by atoms with Gasteiger partial charge in [0.2, 0.25) is 0 Å². The first-order chi connectivity index (χ1) is 12.4. The van der Waals surface area contributed by atoms with Crippen molar-refractivity contribution in [1.29, 1.82) is 0 Å². The molecule has 1 aromatic rings. The fourth-order valence-electron chi connectivity index (χ4n) is 6.36. The van der Waals surface area contributed by atoms with Crippen LogP contribution in [0.15, 0.2) is 12.1 Å². The van der Waals surface area contributed by atoms with Gasteiger partial charge in [0, 0.05) is 17.2 Å². The summed E-state index contributed by atoms with van der Waals surface area (Å²) < 4.78 is 10.8. The molecule has 0 spiro atoms. The predicted octanol–water partition coefficient (Wildman–Crippen LogP) is 4.35. The van der Waals surface area contributed by atoms with Gasteiger partial charge in [-0.2, -0.15) is 0 Å². The van der Waals surface area contributed by atoms with Crippen molar-refractivity contribution in [3.63, 3.8) is 0 Å². The van der Waals surface area contributed by atoms with E-state index in [2.05, 4.69) is 12.2 Å². The monoisotopic (exact) mass is 357 g/mol. The van der Waals surface area contributed by atoms with Crippen molar-refractivity contribution >= 4 is 5.91 Å². The van der Waals surface area contributed by atoms with Crippen LogP contribution < -0.4 is 14.8 Å². The third-order valence-corrected chi connectivity index (χ3v) is 7.37. The van der Waals surface area contributed by atoms with Crippen LogP contribution in [0.3, 0.4) is 0 Å². The molecule has 1 aromatic carbocycles. The zero-order valence-electron chi connectivity index (χ0n) is 16.4. The normalized spacial score (nSPS) is 33.0. The first-order valence-electron chi connectivity index (χ1n) is 9.97. The minimum atomic E-state index is -0.0233. The van der Waals surface area contributed by atoms with Crippen LogP contribution in [0.5, 0.6) is 11.5 Å². The number of hydrogen-bond acceptors (Lipinski definition) is 3. The van der Waals surface area contributed by atoms with Gasteiger partial charge in [-0.15, -0.1) is 0 Å². The highest BCUT2D eigenvalue weighted by atomic mass is 16.5. The Labute approximate surface area is 156 Å². The highest BCUT2D eigenvalue weighted by Gasteiger charge is 2.53. The maximum absolute atomic E-state index is 13.0. The van der Waals surface area contributed by atoms with Crippen LogP contribution in [0.1, 0.15) is 61.4 Å². The van der Waals surface area contributed by atoms with Crippen molar-refractivity contribution in [1.82, 2.24) is 5.32 Å². The Balaban J connectivity index is 1.53. The van der Waals surface area contributed by atoms with Crippen LogP contribution in [0.25, 0.3) is 0 Å². The Kier molecular flexibility index (Phi) is 4.40. The van der Waals surface area contributed by atoms with Gasteiger partial charge in [0.05, 0.1) is 14.2 Å². The maximum Gasteiger partial charge on any atom is 0.251 e. The molecule has 4 saturated carbocycles. The highest BCUT2D eigenvalue weighted by molar-refractivity contribution is 5.95. The molecule has 0 aromatic heterocycles. The van der Waals surface area contributed by atoms with Crippen LogP contribution in [-0.4, -0.2) is 26.2 Å². The molecule has 4 aliphatic rings. The number of hydrogen-bond donors (Lipinski definition) is 1. The zero-order chi connectivity index (χ0) is 18.5. The summed E-state index contributed by atoms with van der Waals surface area (Å²) in [6, 6.07) is 3.85. The minimum Gasteiger partial charge on any atom is -0.496 e. The second-order valence-electron chi connectivity index (χ2n) is 8.98. The minimum absolute atomic E-state index is 0.0233. The Morgan fingerprint density at radius 3 is 1.92 bits per heavy atom. The van der Waals surface area contributed by atoms with Crippen molar-refractivity contribution in [3.05, 3.63) is 23.3 Å². The van der Waals surface area contributed by atoms with Crippen LogP contribution in [-0.2, 0) is 0 Å². The van der Waals surface area contributed by atoms with E-state index in [0.717, 1.165) is 23.3 Å². The fourth-order valence-corrected chi connectivity index (χ4v) is 6.36. The number of nitrogens with one attached hydrogen (secondary N) is 1. The second kappa shape index (κ2) is 6.47. The number of methoxy groups -OCH3 is 2. The van der Waals surface area contributed by atoms with E-state index in [1.165, 1.54) is 38.5 Å². The van der Waals surface area contributed by atoms with Gasteiger partial charge >= 0.3 is 0 Å². The summed E-state index contributed by atoms with van der Waals surface area (Å²) in [7, 11) is 3.25. The SMILES string of the molecule is COc1cc(C(=O)NC(C)C23CC4CC(CC(C4)C2)C3)cc(OC)c1C. The van der Waals surface area contributed by atoms with Crippen molar-refractivity contribution in [3.8, 4) is 11.5 Å². The molecule has 4 heteroatoms. The number of benzene rings is 1. The van der Waals surface area contributed by atoms with Crippen LogP contribution in [0.4, 0.5) is 0 Å². The first-order valence-corrected chi connectivity index (χ1v) is 9.97. The van der Waals surface area contributed by atoms with Gasteiger partial charge in [-0.25, -0.2) is 0 Å². The van der Waals surface area contributed by atoms with E-state index < -0.39 is 0 Å². The topological polar surface area (TPSA) is 47.6 Å². The Morgan fingerprint density at radius 2 is 1.50 bits per heavy atom. The van der Waals surface area contributed by atoms with Gasteiger partial charge in [-0.1, -0.05) is 0 Å². The summed E-state index contributed by atoms with van der Waals surface area (Å²) in [6.07, 6.45) is 8.15. The highest BCUT2D eigenvalue weighted by Crippen LogP contribution is 2.61. The van der Waals surface area contributed by atoms with Crippen molar-refractivity contribution < 1.29 is 14.3 Å². The van der Waals surface area contributed by atoms with Gasteiger partial charge in [0.25, 0.3) is 5.91 Å². The lowest BCUT2D eigenvalue weighted by atomic mass is 9.48. The molecule has 142 valence electrons. The molecule has 26 heavy (non-hydrogen) atoms. The van der Waals surface area contributed by atoms with E-state index in [1.54, 1.807) is 14.2 Å². The van der Waals surface area contributed by atoms with Crippen LogP contribution in [0, 0.1) is 30.1 Å². The average Bonchev–Trinajstić information content (AvgIpc) is 2.60. The van der Waals surface area contributed by atoms with E-state index in [-0.39, 0.29) is 11.9 Å². The number of carbonyl (C=O) groups is 1. The molecule has 0 saturated heterocycles. The smallest absolute Gasteiger partial charge is 0.251 e. The maximum atomic E-state index is 13.0. The fraction of sp³-hybridized carbons (Fsp3) is 0.682. The van der Waals surface area contributed by atoms with Gasteiger partial charge in [-0.05, 0) is 87.7 Å². The second-order valence-corrected chi connectivity index (χ2v) is 8.98. The van der Waals surface area contributed by atoms with Gasteiger partial charge in [0.1, 0.15) is 11.5 Å². The summed E-state index contributed by atoms with van der Waals surface area (Å²) in [6.45, 7) is 4.16. The van der Waals surface area contributed by atoms with E-state index in [4.69, 9.17) is 9.47 Å². The number of carbonyl (C=O) groups excluding carboxylic acids is 1. The molecule has 1 N–H and O–H groups in total. The average molecular weight is 357 g/mol. The number of rotatable bonds is 5. The predicted molar refractivity (Wildman–Crippen MR) is 102 cm³/mol. The van der Waals surface area contributed by atoms with E-state index in [9.17, 15) is 4.79 Å². The summed E-state index contributed by atoms with van der Waals surface area (Å²) in [5, 5.41) is 3.33. The lowest BCUT2D eigenvalue weighted by Crippen LogP contribution is -2.55. The Hall–Kier alpha value is -1.71. The molecule has 1 unspecified atom stereocenters. The van der Waals surface area contributed by atoms with Crippen molar-refractivity contribution in [2.45, 2.75) is 58.4 Å². The molecule has 4 aliphatic carbocycles. The van der Waals surface area contributed by atoms with E-state index >= 15 is 0 Å². The molecule has 4 nitrogen and oxygen atoms in total.